The van der Waals surface area contributed by atoms with Crippen LogP contribution in [0.2, 0.25) is 0 Å². The molecule has 1 aliphatic rings. The summed E-state index contributed by atoms with van der Waals surface area (Å²) in [5.41, 5.74) is 1.22. The molecular weight excluding hydrogens is 266 g/mol. The number of para-hydroxylation sites is 1. The Morgan fingerprint density at radius 1 is 1.21 bits per heavy atom. The SMILES string of the molecule is O=C(O)CCc1ccccc1N1C(=O)CSCC1=O. The summed E-state index contributed by atoms with van der Waals surface area (Å²) < 4.78 is 0. The summed E-state index contributed by atoms with van der Waals surface area (Å²) in [4.78, 5) is 35.5. The molecule has 0 bridgehead atoms. The molecule has 0 spiro atoms. The fourth-order valence-electron chi connectivity index (χ4n) is 1.94. The third-order valence-electron chi connectivity index (χ3n) is 2.79. The van der Waals surface area contributed by atoms with Crippen molar-refractivity contribution in [1.82, 2.24) is 0 Å². The maximum Gasteiger partial charge on any atom is 0.303 e. The molecule has 1 heterocycles. The summed E-state index contributed by atoms with van der Waals surface area (Å²) in [7, 11) is 0. The van der Waals surface area contributed by atoms with Gasteiger partial charge in [0.15, 0.2) is 0 Å². The van der Waals surface area contributed by atoms with E-state index in [0.29, 0.717) is 17.7 Å². The number of aliphatic carboxylic acids is 1. The molecule has 1 aromatic carbocycles. The van der Waals surface area contributed by atoms with Crippen molar-refractivity contribution in [3.63, 3.8) is 0 Å². The molecule has 100 valence electrons. The van der Waals surface area contributed by atoms with E-state index in [2.05, 4.69) is 0 Å². The van der Waals surface area contributed by atoms with Gasteiger partial charge in [-0.25, -0.2) is 4.90 Å². The van der Waals surface area contributed by atoms with Crippen LogP contribution in [0.15, 0.2) is 24.3 Å². The number of carbonyl (C=O) groups is 3. The van der Waals surface area contributed by atoms with Crippen LogP contribution in [0.5, 0.6) is 0 Å². The number of aryl methyl sites for hydroxylation is 1. The first-order chi connectivity index (χ1) is 9.09. The van der Waals surface area contributed by atoms with E-state index in [0.717, 1.165) is 0 Å². The molecule has 0 radical (unpaired) electrons. The fraction of sp³-hybridized carbons (Fsp3) is 0.308. The molecule has 1 aliphatic heterocycles. The molecule has 2 rings (SSSR count). The number of hydrogen-bond acceptors (Lipinski definition) is 4. The van der Waals surface area contributed by atoms with E-state index in [1.54, 1.807) is 24.3 Å². The van der Waals surface area contributed by atoms with Gasteiger partial charge in [-0.3, -0.25) is 14.4 Å². The monoisotopic (exact) mass is 279 g/mol. The number of carboxylic acids is 1. The summed E-state index contributed by atoms with van der Waals surface area (Å²) in [6.07, 6.45) is 0.275. The molecule has 0 unspecified atom stereocenters. The summed E-state index contributed by atoms with van der Waals surface area (Å²) in [6, 6.07) is 6.94. The van der Waals surface area contributed by atoms with Gasteiger partial charge >= 0.3 is 5.97 Å². The van der Waals surface area contributed by atoms with Crippen molar-refractivity contribution < 1.29 is 19.5 Å². The van der Waals surface area contributed by atoms with Crippen molar-refractivity contribution in [3.05, 3.63) is 29.8 Å². The number of nitrogens with zero attached hydrogens (tertiary/aromatic N) is 1. The maximum absolute atomic E-state index is 11.9. The number of hydrogen-bond donors (Lipinski definition) is 1. The van der Waals surface area contributed by atoms with Crippen LogP contribution in [0.1, 0.15) is 12.0 Å². The zero-order chi connectivity index (χ0) is 13.8. The molecule has 5 nitrogen and oxygen atoms in total. The highest BCUT2D eigenvalue weighted by Gasteiger charge is 2.29. The van der Waals surface area contributed by atoms with Crippen molar-refractivity contribution in [2.45, 2.75) is 12.8 Å². The molecule has 0 aliphatic carbocycles. The minimum absolute atomic E-state index is 0.0258. The van der Waals surface area contributed by atoms with E-state index >= 15 is 0 Å². The number of rotatable bonds is 4. The van der Waals surface area contributed by atoms with Crippen LogP contribution in [0, 0.1) is 0 Å². The highest BCUT2D eigenvalue weighted by atomic mass is 32.2. The molecule has 1 saturated heterocycles. The zero-order valence-corrected chi connectivity index (χ0v) is 11.0. The molecule has 2 amide bonds. The summed E-state index contributed by atoms with van der Waals surface area (Å²) in [5, 5.41) is 8.73. The Hall–Kier alpha value is -1.82. The number of benzene rings is 1. The minimum atomic E-state index is -0.901. The molecular formula is C13H13NO4S. The van der Waals surface area contributed by atoms with E-state index in [-0.39, 0.29) is 29.7 Å². The molecule has 1 N–H and O–H groups in total. The lowest BCUT2D eigenvalue weighted by atomic mass is 10.1. The summed E-state index contributed by atoms with van der Waals surface area (Å²) in [6.45, 7) is 0. The average molecular weight is 279 g/mol. The number of imide groups is 1. The number of anilines is 1. The first kappa shape index (κ1) is 13.6. The molecule has 19 heavy (non-hydrogen) atoms. The van der Waals surface area contributed by atoms with Gasteiger partial charge in [-0.15, -0.1) is 11.8 Å². The fourth-order valence-corrected chi connectivity index (χ4v) is 2.65. The third-order valence-corrected chi connectivity index (χ3v) is 3.69. The second-order valence-electron chi connectivity index (χ2n) is 4.14. The van der Waals surface area contributed by atoms with Crippen molar-refractivity contribution in [2.24, 2.45) is 0 Å². The van der Waals surface area contributed by atoms with E-state index in [4.69, 9.17) is 5.11 Å². The number of carboxylic acid groups (broad SMARTS) is 1. The highest BCUT2D eigenvalue weighted by Crippen LogP contribution is 2.26. The maximum atomic E-state index is 11.9. The molecule has 0 atom stereocenters. The second-order valence-corrected chi connectivity index (χ2v) is 5.12. The average Bonchev–Trinajstić information content (AvgIpc) is 2.37. The normalized spacial score (nSPS) is 15.7. The molecule has 6 heteroatoms. The standard InChI is InChI=1S/C13H13NO4S/c15-11-7-19-8-12(16)14(11)10-4-2-1-3-9(10)5-6-13(17)18/h1-4H,5-8H2,(H,17,18). The van der Waals surface area contributed by atoms with Crippen molar-refractivity contribution in [1.29, 1.82) is 0 Å². The van der Waals surface area contributed by atoms with Gasteiger partial charge in [0.1, 0.15) is 0 Å². The number of thioether (sulfide) groups is 1. The predicted octanol–water partition coefficient (Wildman–Crippen LogP) is 1.31. The molecule has 1 aromatic rings. The Balaban J connectivity index is 2.30. The van der Waals surface area contributed by atoms with Crippen LogP contribution in [0.25, 0.3) is 0 Å². The van der Waals surface area contributed by atoms with E-state index in [9.17, 15) is 14.4 Å². The van der Waals surface area contributed by atoms with Gasteiger partial charge in [0, 0.05) is 6.42 Å². The highest BCUT2D eigenvalue weighted by molar-refractivity contribution is 8.00. The lowest BCUT2D eigenvalue weighted by Gasteiger charge is -2.26. The Morgan fingerprint density at radius 3 is 2.47 bits per heavy atom. The smallest absolute Gasteiger partial charge is 0.303 e. The van der Waals surface area contributed by atoms with Gasteiger partial charge in [-0.05, 0) is 18.1 Å². The van der Waals surface area contributed by atoms with E-state index < -0.39 is 5.97 Å². The lowest BCUT2D eigenvalue weighted by molar-refractivity contribution is -0.137. The van der Waals surface area contributed by atoms with Crippen LogP contribution in [-0.2, 0) is 20.8 Å². The Bertz CT molecular complexity index is 513. The first-order valence-electron chi connectivity index (χ1n) is 5.83. The molecule has 0 saturated carbocycles. The van der Waals surface area contributed by atoms with Crippen LogP contribution in [0.4, 0.5) is 5.69 Å². The van der Waals surface area contributed by atoms with Crippen molar-refractivity contribution in [2.75, 3.05) is 16.4 Å². The topological polar surface area (TPSA) is 74.7 Å². The largest absolute Gasteiger partial charge is 0.481 e. The first-order valence-corrected chi connectivity index (χ1v) is 6.98. The lowest BCUT2D eigenvalue weighted by Crippen LogP contribution is -2.43. The quantitative estimate of drug-likeness (QED) is 0.841. The molecule has 0 aromatic heterocycles. The minimum Gasteiger partial charge on any atom is -0.481 e. The predicted molar refractivity (Wildman–Crippen MR) is 72.2 cm³/mol. The third kappa shape index (κ3) is 3.14. The Labute approximate surface area is 114 Å². The second kappa shape index (κ2) is 5.88. The van der Waals surface area contributed by atoms with E-state index in [1.807, 2.05) is 0 Å². The van der Waals surface area contributed by atoms with E-state index in [1.165, 1.54) is 16.7 Å². The summed E-state index contributed by atoms with van der Waals surface area (Å²) >= 11 is 1.30. The van der Waals surface area contributed by atoms with Gasteiger partial charge in [0.25, 0.3) is 0 Å². The number of amides is 2. The Kier molecular flexibility index (Phi) is 4.21. The zero-order valence-electron chi connectivity index (χ0n) is 10.2. The van der Waals surface area contributed by atoms with Gasteiger partial charge < -0.3 is 5.11 Å². The Morgan fingerprint density at radius 2 is 1.84 bits per heavy atom. The van der Waals surface area contributed by atoms with Crippen molar-refractivity contribution in [3.8, 4) is 0 Å². The number of carbonyl (C=O) groups excluding carboxylic acids is 2. The van der Waals surface area contributed by atoms with Crippen LogP contribution in [0.3, 0.4) is 0 Å². The van der Waals surface area contributed by atoms with Crippen LogP contribution in [-0.4, -0.2) is 34.4 Å². The van der Waals surface area contributed by atoms with Gasteiger partial charge in [0.2, 0.25) is 11.8 Å². The van der Waals surface area contributed by atoms with Crippen LogP contribution >= 0.6 is 11.8 Å². The van der Waals surface area contributed by atoms with Crippen LogP contribution < -0.4 is 4.90 Å². The van der Waals surface area contributed by atoms with Gasteiger partial charge in [-0.2, -0.15) is 0 Å². The van der Waals surface area contributed by atoms with Gasteiger partial charge in [-0.1, -0.05) is 18.2 Å². The van der Waals surface area contributed by atoms with Gasteiger partial charge in [0.05, 0.1) is 17.2 Å². The molecule has 1 fully saturated rings. The van der Waals surface area contributed by atoms with Crippen molar-refractivity contribution >= 4 is 35.2 Å². The summed E-state index contributed by atoms with van der Waals surface area (Å²) in [5.74, 6) is -0.840.